The first-order chi connectivity index (χ1) is 32.7. The third-order valence-electron chi connectivity index (χ3n) is 12.1. The highest BCUT2D eigenvalue weighted by Crippen LogP contribution is 2.49. The van der Waals surface area contributed by atoms with Crippen LogP contribution >= 0.6 is 0 Å². The molecule has 2 aromatic heterocycles. The molecule has 0 saturated carbocycles. The van der Waals surface area contributed by atoms with Gasteiger partial charge in [-0.3, -0.25) is 0 Å². The molecule has 11 rings (SSSR count). The molecule has 0 amide bonds. The average molecular weight is 842 g/mol. The zero-order chi connectivity index (χ0) is 44.1. The van der Waals surface area contributed by atoms with Gasteiger partial charge in [0.05, 0.1) is 22.8 Å². The molecule has 2 heterocycles. The highest BCUT2D eigenvalue weighted by atomic mass is 14.9. The molecule has 0 saturated heterocycles. The van der Waals surface area contributed by atoms with Crippen molar-refractivity contribution in [3.63, 3.8) is 0 Å². The highest BCUT2D eigenvalue weighted by molar-refractivity contribution is 6.05. The summed E-state index contributed by atoms with van der Waals surface area (Å²) < 4.78 is 0. The van der Waals surface area contributed by atoms with Crippen LogP contribution in [0.2, 0.25) is 0 Å². The van der Waals surface area contributed by atoms with Crippen molar-refractivity contribution in [1.82, 2.24) is 15.0 Å². The summed E-state index contributed by atoms with van der Waals surface area (Å²) in [6, 6.07) is 91.7. The van der Waals surface area contributed by atoms with Gasteiger partial charge in [-0.05, 0) is 69.3 Å². The number of nitrogens with zero attached hydrogens (tertiary/aromatic N) is 3. The SMILES string of the molecule is c1ccc(-c2cc(-c3ccccc3)cc(-c3nc(-c4ccccc4)cc(-c4cccc(-c5c(-c6ccccc6)c(-c6ccccc6)nc(-c6ccccc6)c5-c5ccccc5)c4)n3)c2)cc1. The molecule has 9 aromatic carbocycles. The van der Waals surface area contributed by atoms with E-state index in [9.17, 15) is 0 Å². The predicted molar refractivity (Wildman–Crippen MR) is 274 cm³/mol. The third-order valence-corrected chi connectivity index (χ3v) is 12.1. The smallest absolute Gasteiger partial charge is 0.160 e. The van der Waals surface area contributed by atoms with Gasteiger partial charge in [0.2, 0.25) is 0 Å². The zero-order valence-corrected chi connectivity index (χ0v) is 36.2. The highest BCUT2D eigenvalue weighted by Gasteiger charge is 2.26. The molecule has 3 heteroatoms. The van der Waals surface area contributed by atoms with E-state index in [-0.39, 0.29) is 0 Å². The maximum atomic E-state index is 5.66. The van der Waals surface area contributed by atoms with Gasteiger partial charge in [-0.1, -0.05) is 231 Å². The summed E-state index contributed by atoms with van der Waals surface area (Å²) in [6.07, 6.45) is 0. The van der Waals surface area contributed by atoms with Gasteiger partial charge >= 0.3 is 0 Å². The van der Waals surface area contributed by atoms with Crippen LogP contribution in [0.5, 0.6) is 0 Å². The van der Waals surface area contributed by atoms with E-state index >= 15 is 0 Å². The zero-order valence-electron chi connectivity index (χ0n) is 36.2. The Morgan fingerprint density at radius 2 is 0.500 bits per heavy atom. The second-order valence-corrected chi connectivity index (χ2v) is 16.3. The van der Waals surface area contributed by atoms with Crippen LogP contribution in [0.15, 0.2) is 261 Å². The summed E-state index contributed by atoms with van der Waals surface area (Å²) >= 11 is 0. The third kappa shape index (κ3) is 8.14. The van der Waals surface area contributed by atoms with E-state index in [0.29, 0.717) is 5.82 Å². The largest absolute Gasteiger partial charge is 0.246 e. The van der Waals surface area contributed by atoms with E-state index < -0.39 is 0 Å². The summed E-state index contributed by atoms with van der Waals surface area (Å²) in [5.41, 5.74) is 19.5. The van der Waals surface area contributed by atoms with Crippen LogP contribution in [0, 0.1) is 0 Å². The van der Waals surface area contributed by atoms with E-state index in [1.54, 1.807) is 0 Å². The fourth-order valence-corrected chi connectivity index (χ4v) is 8.92. The van der Waals surface area contributed by atoms with Crippen molar-refractivity contribution in [2.45, 2.75) is 0 Å². The molecule has 3 nitrogen and oxygen atoms in total. The van der Waals surface area contributed by atoms with Crippen LogP contribution in [0.4, 0.5) is 0 Å². The standard InChI is InChI=1S/C63H43N3/c1-8-23-44(24-9-1)53-40-54(45-25-10-2-11-26-45)42-55(41-53)63-64-56(46-27-12-3-13-28-46)43-57(65-63)51-37-22-38-52(39-51)58-59(47-29-14-4-15-30-47)61(49-33-18-6-19-34-49)66-62(50-35-20-7-21-36-50)60(58)48-31-16-5-17-32-48/h1-43H. The van der Waals surface area contributed by atoms with Crippen LogP contribution in [0.3, 0.4) is 0 Å². The Hall–Kier alpha value is -8.79. The molecule has 0 unspecified atom stereocenters. The average Bonchev–Trinajstić information content (AvgIpc) is 3.41. The number of pyridine rings is 1. The molecule has 0 radical (unpaired) electrons. The maximum absolute atomic E-state index is 5.66. The lowest BCUT2D eigenvalue weighted by Gasteiger charge is -2.23. The first-order valence-corrected chi connectivity index (χ1v) is 22.3. The van der Waals surface area contributed by atoms with Crippen molar-refractivity contribution in [3.05, 3.63) is 261 Å². The second-order valence-electron chi connectivity index (χ2n) is 16.3. The Morgan fingerprint density at radius 3 is 0.939 bits per heavy atom. The monoisotopic (exact) mass is 841 g/mol. The Bertz CT molecular complexity index is 3250. The van der Waals surface area contributed by atoms with Gasteiger partial charge in [-0.15, -0.1) is 0 Å². The van der Waals surface area contributed by atoms with Gasteiger partial charge in [0.25, 0.3) is 0 Å². The summed E-state index contributed by atoms with van der Waals surface area (Å²) in [4.78, 5) is 16.5. The topological polar surface area (TPSA) is 38.7 Å². The van der Waals surface area contributed by atoms with Crippen molar-refractivity contribution in [2.24, 2.45) is 0 Å². The molecular formula is C63H43N3. The quantitative estimate of drug-likeness (QED) is 0.138. The molecule has 0 atom stereocenters. The second kappa shape index (κ2) is 18.1. The van der Waals surface area contributed by atoms with Gasteiger partial charge in [0.15, 0.2) is 5.82 Å². The lowest BCUT2D eigenvalue weighted by molar-refractivity contribution is 1.18. The molecule has 0 aliphatic carbocycles. The summed E-state index contributed by atoms with van der Waals surface area (Å²) in [5, 5.41) is 0. The van der Waals surface area contributed by atoms with Crippen molar-refractivity contribution in [1.29, 1.82) is 0 Å². The van der Waals surface area contributed by atoms with Crippen molar-refractivity contribution in [3.8, 4) is 112 Å². The summed E-state index contributed by atoms with van der Waals surface area (Å²) in [7, 11) is 0. The Balaban J connectivity index is 1.18. The Morgan fingerprint density at radius 1 is 0.182 bits per heavy atom. The van der Waals surface area contributed by atoms with Gasteiger partial charge in [-0.25, -0.2) is 15.0 Å². The molecule has 0 spiro atoms. The van der Waals surface area contributed by atoms with Crippen LogP contribution in [0.1, 0.15) is 0 Å². The van der Waals surface area contributed by atoms with Gasteiger partial charge in [-0.2, -0.15) is 0 Å². The van der Waals surface area contributed by atoms with E-state index in [0.717, 1.165) is 106 Å². The maximum Gasteiger partial charge on any atom is 0.160 e. The first kappa shape index (κ1) is 40.0. The Labute approximate surface area is 386 Å². The molecule has 0 bridgehead atoms. The fourth-order valence-electron chi connectivity index (χ4n) is 8.92. The molecule has 0 aliphatic rings. The minimum absolute atomic E-state index is 0.656. The van der Waals surface area contributed by atoms with Gasteiger partial charge < -0.3 is 0 Å². The van der Waals surface area contributed by atoms with E-state index in [4.69, 9.17) is 15.0 Å². The van der Waals surface area contributed by atoms with E-state index in [1.807, 2.05) is 6.07 Å². The number of rotatable bonds is 10. The lowest BCUT2D eigenvalue weighted by atomic mass is 9.83. The molecule has 0 N–H and O–H groups in total. The number of aromatic nitrogens is 3. The first-order valence-electron chi connectivity index (χ1n) is 22.3. The molecule has 0 fully saturated rings. The van der Waals surface area contributed by atoms with Crippen LogP contribution in [-0.4, -0.2) is 15.0 Å². The number of hydrogen-bond donors (Lipinski definition) is 0. The van der Waals surface area contributed by atoms with Crippen molar-refractivity contribution < 1.29 is 0 Å². The fraction of sp³-hybridized carbons (Fsp3) is 0. The molecule has 11 aromatic rings. The number of benzene rings is 9. The minimum Gasteiger partial charge on any atom is -0.246 e. The molecular weight excluding hydrogens is 799 g/mol. The predicted octanol–water partition coefficient (Wildman–Crippen LogP) is 16.5. The van der Waals surface area contributed by atoms with Crippen molar-refractivity contribution in [2.75, 3.05) is 0 Å². The molecule has 66 heavy (non-hydrogen) atoms. The van der Waals surface area contributed by atoms with Crippen LogP contribution in [-0.2, 0) is 0 Å². The summed E-state index contributed by atoms with van der Waals surface area (Å²) in [5.74, 6) is 0.656. The molecule has 0 aliphatic heterocycles. The summed E-state index contributed by atoms with van der Waals surface area (Å²) in [6.45, 7) is 0. The van der Waals surface area contributed by atoms with Gasteiger partial charge in [0, 0.05) is 44.5 Å². The van der Waals surface area contributed by atoms with E-state index in [2.05, 4.69) is 255 Å². The van der Waals surface area contributed by atoms with Crippen LogP contribution in [0.25, 0.3) is 112 Å². The normalized spacial score (nSPS) is 11.0. The minimum atomic E-state index is 0.656. The van der Waals surface area contributed by atoms with Gasteiger partial charge in [0.1, 0.15) is 0 Å². The Kier molecular flexibility index (Phi) is 11.0. The van der Waals surface area contributed by atoms with Crippen LogP contribution < -0.4 is 0 Å². The molecule has 310 valence electrons. The lowest BCUT2D eigenvalue weighted by Crippen LogP contribution is -2.02. The van der Waals surface area contributed by atoms with E-state index in [1.165, 1.54) is 0 Å². The van der Waals surface area contributed by atoms with Crippen molar-refractivity contribution >= 4 is 0 Å². The number of hydrogen-bond acceptors (Lipinski definition) is 3.